The maximum Gasteiger partial charge on any atom is 0.253 e. The molecule has 2 heterocycles. The van der Waals surface area contributed by atoms with Crippen molar-refractivity contribution in [2.45, 2.75) is 31.6 Å². The van der Waals surface area contributed by atoms with Crippen molar-refractivity contribution in [2.24, 2.45) is 0 Å². The van der Waals surface area contributed by atoms with Crippen molar-refractivity contribution in [3.63, 3.8) is 0 Å². The summed E-state index contributed by atoms with van der Waals surface area (Å²) in [5.74, 6) is 0.270. The van der Waals surface area contributed by atoms with Crippen LogP contribution in [0.3, 0.4) is 0 Å². The number of benzene rings is 2. The molecule has 1 saturated heterocycles. The van der Waals surface area contributed by atoms with Gasteiger partial charge in [-0.05, 0) is 42.7 Å². The number of piperazine rings is 1. The number of nitrogens with zero attached hydrogens (tertiary/aromatic N) is 3. The number of sulfonamides is 1. The highest BCUT2D eigenvalue weighted by Crippen LogP contribution is 2.25. The Balaban J connectivity index is 1.40. The van der Waals surface area contributed by atoms with Crippen molar-refractivity contribution in [3.05, 3.63) is 70.7 Å². The first kappa shape index (κ1) is 22.6. The lowest BCUT2D eigenvalue weighted by atomic mass is 10.0. The fourth-order valence-corrected chi connectivity index (χ4v) is 5.96. The molecular formula is C24H27N3O3S2. The lowest BCUT2D eigenvalue weighted by molar-refractivity contribution is 0.0698. The van der Waals surface area contributed by atoms with Crippen LogP contribution in [-0.2, 0) is 10.0 Å². The summed E-state index contributed by atoms with van der Waals surface area (Å²) in [6, 6.07) is 14.5. The molecule has 0 N–H and O–H groups in total. The molecule has 3 aromatic rings. The van der Waals surface area contributed by atoms with Gasteiger partial charge >= 0.3 is 0 Å². The number of rotatable bonds is 5. The summed E-state index contributed by atoms with van der Waals surface area (Å²) in [5.41, 5.74) is 3.67. The minimum Gasteiger partial charge on any atom is -0.336 e. The first-order valence-corrected chi connectivity index (χ1v) is 13.0. The van der Waals surface area contributed by atoms with E-state index in [4.69, 9.17) is 0 Å². The van der Waals surface area contributed by atoms with E-state index in [1.807, 2.05) is 48.7 Å². The second kappa shape index (κ2) is 9.13. The molecule has 0 aliphatic carbocycles. The smallest absolute Gasteiger partial charge is 0.253 e. The van der Waals surface area contributed by atoms with Gasteiger partial charge in [-0.2, -0.15) is 4.31 Å². The molecule has 0 radical (unpaired) electrons. The Labute approximate surface area is 193 Å². The van der Waals surface area contributed by atoms with E-state index in [0.717, 1.165) is 21.8 Å². The number of aryl methyl sites for hydroxylation is 1. The van der Waals surface area contributed by atoms with E-state index in [2.05, 4.69) is 18.8 Å². The van der Waals surface area contributed by atoms with Crippen LogP contribution < -0.4 is 0 Å². The van der Waals surface area contributed by atoms with Crippen LogP contribution in [-0.4, -0.2) is 54.7 Å². The highest BCUT2D eigenvalue weighted by Gasteiger charge is 2.30. The van der Waals surface area contributed by atoms with Crippen molar-refractivity contribution in [1.82, 2.24) is 14.2 Å². The van der Waals surface area contributed by atoms with Crippen molar-refractivity contribution < 1.29 is 13.2 Å². The van der Waals surface area contributed by atoms with Gasteiger partial charge in [0.1, 0.15) is 5.01 Å². The molecule has 0 bridgehead atoms. The molecule has 6 nitrogen and oxygen atoms in total. The molecule has 1 amide bonds. The van der Waals surface area contributed by atoms with Crippen molar-refractivity contribution in [1.29, 1.82) is 0 Å². The predicted molar refractivity (Wildman–Crippen MR) is 127 cm³/mol. The molecule has 32 heavy (non-hydrogen) atoms. The maximum absolute atomic E-state index is 13.0. The number of amides is 1. The largest absolute Gasteiger partial charge is 0.336 e. The molecule has 1 aliphatic rings. The number of hydrogen-bond acceptors (Lipinski definition) is 5. The van der Waals surface area contributed by atoms with Gasteiger partial charge in [-0.1, -0.05) is 38.1 Å². The van der Waals surface area contributed by atoms with Gasteiger partial charge in [0.2, 0.25) is 10.0 Å². The summed E-state index contributed by atoms with van der Waals surface area (Å²) >= 11 is 1.58. The molecule has 168 valence electrons. The summed E-state index contributed by atoms with van der Waals surface area (Å²) in [7, 11) is -3.56. The van der Waals surface area contributed by atoms with Crippen LogP contribution in [0.25, 0.3) is 10.6 Å². The molecule has 8 heteroatoms. The molecule has 4 rings (SSSR count). The summed E-state index contributed by atoms with van der Waals surface area (Å²) in [6.07, 6.45) is 0. The molecule has 1 aromatic heterocycles. The van der Waals surface area contributed by atoms with E-state index in [-0.39, 0.29) is 19.0 Å². The van der Waals surface area contributed by atoms with Crippen LogP contribution in [0.15, 0.2) is 58.8 Å². The Morgan fingerprint density at radius 3 is 2.12 bits per heavy atom. The van der Waals surface area contributed by atoms with Gasteiger partial charge in [0, 0.05) is 48.4 Å². The number of aromatic nitrogens is 1. The van der Waals surface area contributed by atoms with Crippen LogP contribution in [0, 0.1) is 6.92 Å². The second-order valence-corrected chi connectivity index (χ2v) is 11.1. The predicted octanol–water partition coefficient (Wildman–Crippen LogP) is 4.39. The van der Waals surface area contributed by atoms with Crippen LogP contribution in [0.5, 0.6) is 0 Å². The monoisotopic (exact) mass is 469 g/mol. The van der Waals surface area contributed by atoms with Crippen molar-refractivity contribution >= 4 is 27.3 Å². The van der Waals surface area contributed by atoms with Gasteiger partial charge in [-0.25, -0.2) is 13.4 Å². The molecule has 0 spiro atoms. The summed E-state index contributed by atoms with van der Waals surface area (Å²) in [4.78, 5) is 19.4. The zero-order valence-electron chi connectivity index (χ0n) is 18.5. The molecule has 0 atom stereocenters. The van der Waals surface area contributed by atoms with Crippen LogP contribution in [0.4, 0.5) is 0 Å². The fourth-order valence-electron chi connectivity index (χ4n) is 3.73. The lowest BCUT2D eigenvalue weighted by Crippen LogP contribution is -2.50. The Morgan fingerprint density at radius 1 is 0.969 bits per heavy atom. The topological polar surface area (TPSA) is 70.6 Å². The Hall–Kier alpha value is -2.55. The Bertz CT molecular complexity index is 1190. The number of carbonyl (C=O) groups is 1. The standard InChI is InChI=1S/C24H27N3O3S2/c1-17(2)19-8-10-22(11-9-19)32(29,30)27-14-12-26(13-15-27)24(28)21-6-4-20(5-7-21)23-25-18(3)16-31-23/h4-11,16-17H,12-15H2,1-3H3. The van der Waals surface area contributed by atoms with E-state index >= 15 is 0 Å². The molecule has 0 saturated carbocycles. The number of thiazole rings is 1. The molecule has 1 fully saturated rings. The average molecular weight is 470 g/mol. The van der Waals surface area contributed by atoms with Gasteiger partial charge in [0.05, 0.1) is 4.90 Å². The molecule has 0 unspecified atom stereocenters. The third kappa shape index (κ3) is 4.62. The van der Waals surface area contributed by atoms with Crippen LogP contribution in [0.2, 0.25) is 0 Å². The molecule has 1 aliphatic heterocycles. The minimum absolute atomic E-state index is 0.0785. The lowest BCUT2D eigenvalue weighted by Gasteiger charge is -2.34. The van der Waals surface area contributed by atoms with E-state index < -0.39 is 10.0 Å². The van der Waals surface area contributed by atoms with Gasteiger partial charge < -0.3 is 4.90 Å². The normalized spacial score (nSPS) is 15.3. The van der Waals surface area contributed by atoms with Gasteiger partial charge in [-0.3, -0.25) is 4.79 Å². The van der Waals surface area contributed by atoms with Crippen LogP contribution in [0.1, 0.15) is 41.4 Å². The third-order valence-electron chi connectivity index (χ3n) is 5.71. The zero-order chi connectivity index (χ0) is 22.9. The first-order chi connectivity index (χ1) is 15.3. The Morgan fingerprint density at radius 2 is 1.59 bits per heavy atom. The SMILES string of the molecule is Cc1csc(-c2ccc(C(=O)N3CCN(S(=O)(=O)c4ccc(C(C)C)cc4)CC3)cc2)n1. The minimum atomic E-state index is -3.56. The van der Waals surface area contributed by atoms with Crippen molar-refractivity contribution in [3.8, 4) is 10.6 Å². The third-order valence-corrected chi connectivity index (χ3v) is 8.63. The number of hydrogen-bond donors (Lipinski definition) is 0. The summed E-state index contributed by atoms with van der Waals surface area (Å²) in [5, 5.41) is 2.93. The molecular weight excluding hydrogens is 442 g/mol. The van der Waals surface area contributed by atoms with Crippen LogP contribution >= 0.6 is 11.3 Å². The van der Waals surface area contributed by atoms with Gasteiger partial charge in [-0.15, -0.1) is 11.3 Å². The fraction of sp³-hybridized carbons (Fsp3) is 0.333. The highest BCUT2D eigenvalue weighted by molar-refractivity contribution is 7.89. The second-order valence-electron chi connectivity index (χ2n) is 8.29. The first-order valence-electron chi connectivity index (χ1n) is 10.7. The Kier molecular flexibility index (Phi) is 6.46. The van der Waals surface area contributed by atoms with Gasteiger partial charge in [0.15, 0.2) is 0 Å². The highest BCUT2D eigenvalue weighted by atomic mass is 32.2. The van der Waals surface area contributed by atoms with E-state index in [9.17, 15) is 13.2 Å². The molecule has 2 aromatic carbocycles. The quantitative estimate of drug-likeness (QED) is 0.556. The summed E-state index contributed by atoms with van der Waals surface area (Å²) < 4.78 is 27.5. The average Bonchev–Trinajstić information content (AvgIpc) is 3.25. The van der Waals surface area contributed by atoms with Crippen molar-refractivity contribution in [2.75, 3.05) is 26.2 Å². The van der Waals surface area contributed by atoms with E-state index in [1.165, 1.54) is 4.31 Å². The summed E-state index contributed by atoms with van der Waals surface area (Å²) in [6.45, 7) is 7.43. The van der Waals surface area contributed by atoms with E-state index in [0.29, 0.717) is 29.5 Å². The van der Waals surface area contributed by atoms with E-state index in [1.54, 1.807) is 28.4 Å². The van der Waals surface area contributed by atoms with Gasteiger partial charge in [0.25, 0.3) is 5.91 Å². The maximum atomic E-state index is 13.0. The number of carbonyl (C=O) groups excluding carboxylic acids is 1. The zero-order valence-corrected chi connectivity index (χ0v) is 20.1.